The molecule has 0 atom stereocenters. The molecule has 1 aliphatic carbocycles. The summed E-state index contributed by atoms with van der Waals surface area (Å²) < 4.78 is 26.9. The Hall–Kier alpha value is -3.57. The Kier molecular flexibility index (Phi) is 5.06. The molecule has 10 nitrogen and oxygen atoms in total. The highest BCUT2D eigenvalue weighted by molar-refractivity contribution is 7.89. The smallest absolute Gasteiger partial charge is 0.267 e. The van der Waals surface area contributed by atoms with E-state index in [0.29, 0.717) is 10.8 Å². The Morgan fingerprint density at radius 3 is 2.23 bits per heavy atom. The van der Waals surface area contributed by atoms with E-state index in [2.05, 4.69) is 25.8 Å². The third kappa shape index (κ3) is 4.07. The monoisotopic (exact) mass is 427 g/mol. The second-order valence-electron chi connectivity index (χ2n) is 6.78. The second-order valence-corrected chi connectivity index (χ2v) is 8.49. The highest BCUT2D eigenvalue weighted by atomic mass is 32.2. The van der Waals surface area contributed by atoms with Gasteiger partial charge in [-0.1, -0.05) is 18.2 Å². The topological polar surface area (TPSA) is 150 Å². The lowest BCUT2D eigenvalue weighted by Gasteiger charge is -2.09. The summed E-state index contributed by atoms with van der Waals surface area (Å²) in [6.07, 6.45) is 1.64. The van der Waals surface area contributed by atoms with Crippen LogP contribution in [-0.4, -0.2) is 36.5 Å². The van der Waals surface area contributed by atoms with Crippen molar-refractivity contribution in [1.29, 1.82) is 0 Å². The Bertz CT molecular complexity index is 1300. The van der Waals surface area contributed by atoms with Crippen molar-refractivity contribution >= 4 is 32.6 Å². The molecule has 154 valence electrons. The van der Waals surface area contributed by atoms with Crippen molar-refractivity contribution in [3.05, 3.63) is 70.1 Å². The van der Waals surface area contributed by atoms with Crippen LogP contribution < -0.4 is 21.1 Å². The quantitative estimate of drug-likeness (QED) is 0.434. The number of amides is 2. The van der Waals surface area contributed by atoms with Crippen molar-refractivity contribution in [3.63, 3.8) is 0 Å². The van der Waals surface area contributed by atoms with Crippen LogP contribution in [0.3, 0.4) is 0 Å². The standard InChI is InChI=1S/C19H17N5O5S/c25-17(11-5-9-13(10-6-11)30(28,29)24-12-7-8-12)21-23-19(27)16-14-3-1-2-4-15(14)18(26)22-20-16/h1-6,9-10,12,24H,7-8H2,(H,21,25)(H,22,26)(H,23,27). The van der Waals surface area contributed by atoms with E-state index >= 15 is 0 Å². The van der Waals surface area contributed by atoms with Gasteiger partial charge >= 0.3 is 0 Å². The van der Waals surface area contributed by atoms with Gasteiger partial charge in [0.15, 0.2) is 5.69 Å². The average Bonchev–Trinajstić information content (AvgIpc) is 3.55. The summed E-state index contributed by atoms with van der Waals surface area (Å²) in [5.41, 5.74) is 4.14. The molecular formula is C19H17N5O5S. The Morgan fingerprint density at radius 2 is 1.57 bits per heavy atom. The molecule has 1 aromatic heterocycles. The lowest BCUT2D eigenvalue weighted by atomic mass is 10.1. The molecule has 4 N–H and O–H groups in total. The maximum Gasteiger partial charge on any atom is 0.290 e. The zero-order valence-corrected chi connectivity index (χ0v) is 16.3. The fourth-order valence-corrected chi connectivity index (χ4v) is 4.11. The van der Waals surface area contributed by atoms with E-state index in [1.165, 1.54) is 24.3 Å². The van der Waals surface area contributed by atoms with Crippen molar-refractivity contribution in [1.82, 2.24) is 25.8 Å². The number of benzene rings is 2. The number of aromatic amines is 1. The van der Waals surface area contributed by atoms with Crippen LogP contribution in [0.2, 0.25) is 0 Å². The molecule has 2 amide bonds. The predicted molar refractivity (Wildman–Crippen MR) is 107 cm³/mol. The molecule has 4 rings (SSSR count). The maximum atomic E-state index is 12.4. The SMILES string of the molecule is O=C(NNC(=O)c1n[nH]c(=O)c2ccccc12)c1ccc(S(=O)(=O)NC2CC2)cc1. The number of hydrogen-bond acceptors (Lipinski definition) is 6. The van der Waals surface area contributed by atoms with Crippen molar-refractivity contribution in [2.45, 2.75) is 23.8 Å². The molecule has 1 heterocycles. The fourth-order valence-electron chi connectivity index (χ4n) is 2.81. The summed E-state index contributed by atoms with van der Waals surface area (Å²) in [7, 11) is -3.61. The number of rotatable bonds is 5. The Labute approximate surface area is 170 Å². The first-order valence-corrected chi connectivity index (χ1v) is 10.5. The molecule has 0 saturated heterocycles. The number of hydrazine groups is 1. The van der Waals surface area contributed by atoms with E-state index in [1.54, 1.807) is 24.3 Å². The molecule has 3 aromatic rings. The lowest BCUT2D eigenvalue weighted by Crippen LogP contribution is -2.42. The maximum absolute atomic E-state index is 12.4. The van der Waals surface area contributed by atoms with Crippen LogP contribution >= 0.6 is 0 Å². The van der Waals surface area contributed by atoms with Crippen molar-refractivity contribution in [2.24, 2.45) is 0 Å². The van der Waals surface area contributed by atoms with Gasteiger partial charge in [0, 0.05) is 17.0 Å². The van der Waals surface area contributed by atoms with Crippen LogP contribution in [0.5, 0.6) is 0 Å². The van der Waals surface area contributed by atoms with E-state index in [0.717, 1.165) is 12.8 Å². The summed E-state index contributed by atoms with van der Waals surface area (Å²) in [5.74, 6) is -1.36. The molecule has 11 heteroatoms. The molecule has 30 heavy (non-hydrogen) atoms. The minimum atomic E-state index is -3.61. The Morgan fingerprint density at radius 1 is 0.933 bits per heavy atom. The minimum absolute atomic E-state index is 0.0224. The molecule has 0 unspecified atom stereocenters. The van der Waals surface area contributed by atoms with Gasteiger partial charge in [0.25, 0.3) is 17.4 Å². The molecule has 0 radical (unpaired) electrons. The predicted octanol–water partition coefficient (Wildman–Crippen LogP) is 0.439. The molecule has 1 aliphatic rings. The molecule has 1 fully saturated rings. The van der Waals surface area contributed by atoms with Gasteiger partial charge in [-0.25, -0.2) is 18.2 Å². The van der Waals surface area contributed by atoms with Gasteiger partial charge in [0.2, 0.25) is 10.0 Å². The number of carbonyl (C=O) groups is 2. The summed E-state index contributed by atoms with van der Waals surface area (Å²) in [6.45, 7) is 0. The van der Waals surface area contributed by atoms with Crippen molar-refractivity contribution in [2.75, 3.05) is 0 Å². The lowest BCUT2D eigenvalue weighted by molar-refractivity contribution is 0.0844. The van der Waals surface area contributed by atoms with Gasteiger partial charge in [-0.15, -0.1) is 0 Å². The largest absolute Gasteiger partial charge is 0.290 e. The zero-order chi connectivity index (χ0) is 21.3. The summed E-state index contributed by atoms with van der Waals surface area (Å²) in [6, 6.07) is 11.7. The summed E-state index contributed by atoms with van der Waals surface area (Å²) >= 11 is 0. The molecule has 0 bridgehead atoms. The number of aromatic nitrogens is 2. The van der Waals surface area contributed by atoms with E-state index < -0.39 is 27.4 Å². The molecular weight excluding hydrogens is 410 g/mol. The normalized spacial score (nSPS) is 13.7. The van der Waals surface area contributed by atoms with Gasteiger partial charge in [-0.2, -0.15) is 5.10 Å². The highest BCUT2D eigenvalue weighted by Crippen LogP contribution is 2.22. The first kappa shape index (κ1) is 19.7. The number of nitrogens with one attached hydrogen (secondary N) is 4. The van der Waals surface area contributed by atoms with Crippen LogP contribution in [0.4, 0.5) is 0 Å². The van der Waals surface area contributed by atoms with Crippen LogP contribution in [0.25, 0.3) is 10.8 Å². The average molecular weight is 427 g/mol. The van der Waals surface area contributed by atoms with Crippen molar-refractivity contribution in [3.8, 4) is 0 Å². The number of sulfonamides is 1. The van der Waals surface area contributed by atoms with Gasteiger partial charge < -0.3 is 0 Å². The minimum Gasteiger partial charge on any atom is -0.267 e. The fraction of sp³-hybridized carbons (Fsp3) is 0.158. The number of hydrogen-bond donors (Lipinski definition) is 4. The van der Waals surface area contributed by atoms with Crippen LogP contribution in [0, 0.1) is 0 Å². The molecule has 0 aliphatic heterocycles. The van der Waals surface area contributed by atoms with Gasteiger partial charge in [-0.05, 0) is 43.2 Å². The number of carbonyl (C=O) groups excluding carboxylic acids is 2. The molecule has 2 aromatic carbocycles. The van der Waals surface area contributed by atoms with Crippen molar-refractivity contribution < 1.29 is 18.0 Å². The van der Waals surface area contributed by atoms with E-state index in [-0.39, 0.29) is 22.2 Å². The van der Waals surface area contributed by atoms with Crippen LogP contribution in [-0.2, 0) is 10.0 Å². The third-order valence-electron chi connectivity index (χ3n) is 4.53. The van der Waals surface area contributed by atoms with E-state index in [9.17, 15) is 22.8 Å². The summed E-state index contributed by atoms with van der Waals surface area (Å²) in [4.78, 5) is 36.5. The van der Waals surface area contributed by atoms with E-state index in [4.69, 9.17) is 0 Å². The van der Waals surface area contributed by atoms with E-state index in [1.807, 2.05) is 0 Å². The van der Waals surface area contributed by atoms with Crippen LogP contribution in [0.15, 0.2) is 58.2 Å². The van der Waals surface area contributed by atoms with Gasteiger partial charge in [0.1, 0.15) is 0 Å². The number of nitrogens with zero attached hydrogens (tertiary/aromatic N) is 1. The number of fused-ring (bicyclic) bond motifs is 1. The van der Waals surface area contributed by atoms with Gasteiger partial charge in [-0.3, -0.25) is 25.2 Å². The molecule has 0 spiro atoms. The molecule has 1 saturated carbocycles. The van der Waals surface area contributed by atoms with Gasteiger partial charge in [0.05, 0.1) is 10.3 Å². The highest BCUT2D eigenvalue weighted by Gasteiger charge is 2.28. The summed E-state index contributed by atoms with van der Waals surface area (Å²) in [5, 5.41) is 6.62. The third-order valence-corrected chi connectivity index (χ3v) is 6.06. The van der Waals surface area contributed by atoms with Crippen LogP contribution in [0.1, 0.15) is 33.7 Å². The Balaban J connectivity index is 1.44. The zero-order valence-electron chi connectivity index (χ0n) is 15.5. The number of H-pyrrole nitrogens is 1. The first-order valence-electron chi connectivity index (χ1n) is 9.06. The second kappa shape index (κ2) is 7.69. The first-order chi connectivity index (χ1) is 14.3.